The monoisotopic (exact) mass is 302 g/mol. The topological polar surface area (TPSA) is 67.8 Å². The molecule has 0 aliphatic heterocycles. The Morgan fingerprint density at radius 1 is 1.19 bits per heavy atom. The summed E-state index contributed by atoms with van der Waals surface area (Å²) in [6, 6.07) is 5.65. The molecule has 0 aliphatic rings. The van der Waals surface area contributed by atoms with Gasteiger partial charge in [0.1, 0.15) is 5.82 Å². The molecule has 6 heteroatoms. The van der Waals surface area contributed by atoms with Crippen molar-refractivity contribution in [1.29, 1.82) is 0 Å². The molecule has 0 fully saturated rings. The van der Waals surface area contributed by atoms with Crippen LogP contribution in [0, 0.1) is 20.8 Å². The van der Waals surface area contributed by atoms with Crippen molar-refractivity contribution in [1.82, 2.24) is 15.0 Å². The lowest BCUT2D eigenvalue weighted by Crippen LogP contribution is -2.13. The highest BCUT2D eigenvalue weighted by atomic mass is 32.2. The van der Waals surface area contributed by atoms with Crippen molar-refractivity contribution in [2.75, 3.05) is 11.1 Å². The van der Waals surface area contributed by atoms with Gasteiger partial charge in [-0.2, -0.15) is 0 Å². The number of pyridine rings is 1. The number of anilines is 1. The van der Waals surface area contributed by atoms with Crippen molar-refractivity contribution in [2.45, 2.75) is 32.3 Å². The highest BCUT2D eigenvalue weighted by Crippen LogP contribution is 2.15. The first-order valence-corrected chi connectivity index (χ1v) is 7.69. The maximum atomic E-state index is 11.8. The fraction of sp³-hybridized carbons (Fsp3) is 0.333. The predicted molar refractivity (Wildman–Crippen MR) is 84.5 cm³/mol. The number of nitrogens with zero attached hydrogens (tertiary/aromatic N) is 3. The van der Waals surface area contributed by atoms with Crippen molar-refractivity contribution >= 4 is 23.5 Å². The van der Waals surface area contributed by atoms with E-state index in [0.717, 1.165) is 17.0 Å². The molecule has 2 rings (SSSR count). The summed E-state index contributed by atoms with van der Waals surface area (Å²) in [7, 11) is 0. The second kappa shape index (κ2) is 7.17. The number of carbonyl (C=O) groups is 1. The first-order valence-electron chi connectivity index (χ1n) is 6.70. The standard InChI is InChI=1S/C15H18N4OS/c1-10-4-5-13(16-9-10)19-14(20)6-7-21-15-17-11(2)8-12(3)18-15/h4-5,8-9H,6-7H2,1-3H3,(H,16,19,20). The van der Waals surface area contributed by atoms with Crippen LogP contribution in [0.5, 0.6) is 0 Å². The van der Waals surface area contributed by atoms with Gasteiger partial charge in [-0.15, -0.1) is 0 Å². The Morgan fingerprint density at radius 2 is 1.90 bits per heavy atom. The number of hydrogen-bond acceptors (Lipinski definition) is 5. The van der Waals surface area contributed by atoms with Crippen LogP contribution in [0.2, 0.25) is 0 Å². The first-order chi connectivity index (χ1) is 10.0. The molecular weight excluding hydrogens is 284 g/mol. The highest BCUT2D eigenvalue weighted by molar-refractivity contribution is 7.99. The Labute approximate surface area is 128 Å². The molecule has 1 amide bonds. The molecule has 1 N–H and O–H groups in total. The molecule has 0 bridgehead atoms. The number of nitrogens with one attached hydrogen (secondary N) is 1. The molecule has 5 nitrogen and oxygen atoms in total. The molecule has 21 heavy (non-hydrogen) atoms. The van der Waals surface area contributed by atoms with Crippen molar-refractivity contribution < 1.29 is 4.79 Å². The Bertz CT molecular complexity index is 608. The van der Waals surface area contributed by atoms with Crippen LogP contribution in [0.15, 0.2) is 29.6 Å². The lowest BCUT2D eigenvalue weighted by molar-refractivity contribution is -0.115. The minimum absolute atomic E-state index is 0.0526. The van der Waals surface area contributed by atoms with Crippen LogP contribution in [-0.4, -0.2) is 26.6 Å². The summed E-state index contributed by atoms with van der Waals surface area (Å²) in [5, 5.41) is 3.49. The van der Waals surface area contributed by atoms with E-state index in [2.05, 4.69) is 20.3 Å². The smallest absolute Gasteiger partial charge is 0.226 e. The molecule has 0 saturated heterocycles. The summed E-state index contributed by atoms with van der Waals surface area (Å²) in [5.41, 5.74) is 2.95. The van der Waals surface area contributed by atoms with Crippen LogP contribution in [0.3, 0.4) is 0 Å². The summed E-state index contributed by atoms with van der Waals surface area (Å²) in [5.74, 6) is 1.17. The minimum atomic E-state index is -0.0526. The van der Waals surface area contributed by atoms with Gasteiger partial charge in [0, 0.05) is 29.8 Å². The van der Waals surface area contributed by atoms with Gasteiger partial charge >= 0.3 is 0 Å². The molecule has 0 atom stereocenters. The van der Waals surface area contributed by atoms with Crippen molar-refractivity contribution in [3.8, 4) is 0 Å². The van der Waals surface area contributed by atoms with Gasteiger partial charge in [0.05, 0.1) is 0 Å². The Morgan fingerprint density at radius 3 is 2.52 bits per heavy atom. The van der Waals surface area contributed by atoms with Crippen LogP contribution >= 0.6 is 11.8 Å². The van der Waals surface area contributed by atoms with Crippen LogP contribution in [0.1, 0.15) is 23.4 Å². The number of carbonyl (C=O) groups excluding carboxylic acids is 1. The summed E-state index contributed by atoms with van der Waals surface area (Å²) in [4.78, 5) is 24.6. The van der Waals surface area contributed by atoms with Crippen molar-refractivity contribution in [2.24, 2.45) is 0 Å². The SMILES string of the molecule is Cc1ccc(NC(=O)CCSc2nc(C)cc(C)n2)nc1. The maximum Gasteiger partial charge on any atom is 0.226 e. The minimum Gasteiger partial charge on any atom is -0.311 e. The summed E-state index contributed by atoms with van der Waals surface area (Å²) >= 11 is 1.49. The number of aromatic nitrogens is 3. The normalized spacial score (nSPS) is 10.4. The summed E-state index contributed by atoms with van der Waals surface area (Å²) in [6.45, 7) is 5.84. The number of aryl methyl sites for hydroxylation is 3. The molecule has 0 aromatic carbocycles. The van der Waals surface area contributed by atoms with Crippen molar-refractivity contribution in [3.63, 3.8) is 0 Å². The Kier molecular flexibility index (Phi) is 5.27. The van der Waals surface area contributed by atoms with Gasteiger partial charge in [-0.3, -0.25) is 4.79 Å². The van der Waals surface area contributed by atoms with Crippen LogP contribution < -0.4 is 5.32 Å². The first kappa shape index (κ1) is 15.4. The highest BCUT2D eigenvalue weighted by Gasteiger charge is 2.05. The maximum absolute atomic E-state index is 11.8. The number of thioether (sulfide) groups is 1. The lowest BCUT2D eigenvalue weighted by atomic mass is 10.3. The van der Waals surface area contributed by atoms with E-state index in [1.807, 2.05) is 32.9 Å². The van der Waals surface area contributed by atoms with Crippen LogP contribution in [0.4, 0.5) is 5.82 Å². The Balaban J connectivity index is 1.80. The molecule has 2 aromatic heterocycles. The van der Waals surface area contributed by atoms with E-state index < -0.39 is 0 Å². The molecule has 2 heterocycles. The van der Waals surface area contributed by atoms with Gasteiger partial charge in [0.15, 0.2) is 5.16 Å². The van der Waals surface area contributed by atoms with E-state index in [1.54, 1.807) is 12.3 Å². The molecular formula is C15H18N4OS. The van der Waals surface area contributed by atoms with E-state index in [1.165, 1.54) is 11.8 Å². The van der Waals surface area contributed by atoms with Crippen LogP contribution in [-0.2, 0) is 4.79 Å². The third kappa shape index (κ3) is 5.15. The van der Waals surface area contributed by atoms with Gasteiger partial charge in [-0.25, -0.2) is 15.0 Å². The second-order valence-corrected chi connectivity index (χ2v) is 5.86. The largest absolute Gasteiger partial charge is 0.311 e. The zero-order valence-electron chi connectivity index (χ0n) is 12.4. The third-order valence-electron chi connectivity index (χ3n) is 2.70. The fourth-order valence-corrected chi connectivity index (χ4v) is 2.63. The van der Waals surface area contributed by atoms with E-state index in [9.17, 15) is 4.79 Å². The quantitative estimate of drug-likeness (QED) is 0.679. The molecule has 0 saturated carbocycles. The van der Waals surface area contributed by atoms with Gasteiger partial charge in [-0.1, -0.05) is 17.8 Å². The lowest BCUT2D eigenvalue weighted by Gasteiger charge is -2.05. The molecule has 0 spiro atoms. The second-order valence-electron chi connectivity index (χ2n) is 4.80. The molecule has 2 aromatic rings. The molecule has 0 unspecified atom stereocenters. The van der Waals surface area contributed by atoms with Gasteiger partial charge in [0.2, 0.25) is 5.91 Å². The predicted octanol–water partition coefficient (Wildman–Crippen LogP) is 2.92. The van der Waals surface area contributed by atoms with Crippen LogP contribution in [0.25, 0.3) is 0 Å². The summed E-state index contributed by atoms with van der Waals surface area (Å²) < 4.78 is 0. The van der Waals surface area contributed by atoms with E-state index in [0.29, 0.717) is 23.1 Å². The number of amides is 1. The molecule has 0 aliphatic carbocycles. The Hall–Kier alpha value is -1.95. The van der Waals surface area contributed by atoms with E-state index in [-0.39, 0.29) is 5.91 Å². The van der Waals surface area contributed by atoms with Gasteiger partial charge in [-0.05, 0) is 38.5 Å². The number of rotatable bonds is 5. The summed E-state index contributed by atoms with van der Waals surface area (Å²) in [6.07, 6.45) is 2.13. The third-order valence-corrected chi connectivity index (χ3v) is 3.55. The fourth-order valence-electron chi connectivity index (χ4n) is 1.74. The van der Waals surface area contributed by atoms with E-state index in [4.69, 9.17) is 0 Å². The van der Waals surface area contributed by atoms with Crippen molar-refractivity contribution in [3.05, 3.63) is 41.3 Å². The average molecular weight is 302 g/mol. The van der Waals surface area contributed by atoms with E-state index >= 15 is 0 Å². The molecule has 0 radical (unpaired) electrons. The average Bonchev–Trinajstić information content (AvgIpc) is 2.40. The molecule has 110 valence electrons. The zero-order chi connectivity index (χ0) is 15.2. The van der Waals surface area contributed by atoms with Gasteiger partial charge < -0.3 is 5.32 Å². The van der Waals surface area contributed by atoms with Gasteiger partial charge in [0.25, 0.3) is 0 Å². The number of hydrogen-bond donors (Lipinski definition) is 1. The zero-order valence-corrected chi connectivity index (χ0v) is 13.2.